The van der Waals surface area contributed by atoms with Gasteiger partial charge in [-0.25, -0.2) is 4.98 Å². The molecule has 0 spiro atoms. The van der Waals surface area contributed by atoms with Gasteiger partial charge in [0.15, 0.2) is 0 Å². The monoisotopic (exact) mass is 409 g/mol. The van der Waals surface area contributed by atoms with Gasteiger partial charge in [-0.3, -0.25) is 9.69 Å². The van der Waals surface area contributed by atoms with E-state index in [9.17, 15) is 4.79 Å². The number of carbonyl (C=O) groups excluding carboxylic acids is 1. The summed E-state index contributed by atoms with van der Waals surface area (Å²) >= 11 is 1.55. The summed E-state index contributed by atoms with van der Waals surface area (Å²) in [5.41, 5.74) is 1.93. The summed E-state index contributed by atoms with van der Waals surface area (Å²) in [4.78, 5) is 23.2. The molecule has 152 valence electrons. The molecule has 0 aliphatic carbocycles. The van der Waals surface area contributed by atoms with Gasteiger partial charge in [-0.05, 0) is 52.1 Å². The summed E-state index contributed by atoms with van der Waals surface area (Å²) in [6.45, 7) is 9.25. The predicted octanol–water partition coefficient (Wildman–Crippen LogP) is 3.52. The van der Waals surface area contributed by atoms with Crippen LogP contribution in [0.1, 0.15) is 30.4 Å². The van der Waals surface area contributed by atoms with E-state index in [4.69, 9.17) is 4.98 Å². The van der Waals surface area contributed by atoms with Gasteiger partial charge >= 0.3 is 0 Å². The lowest BCUT2D eigenvalue weighted by atomic mass is 10.1. The molecule has 1 aromatic carbocycles. The number of amides is 1. The molecular weight excluding hydrogens is 382 g/mol. The Kier molecular flexibility index (Phi) is 4.40. The van der Waals surface area contributed by atoms with E-state index < -0.39 is 0 Å². The molecule has 3 aromatic rings. The summed E-state index contributed by atoms with van der Waals surface area (Å²) in [6.07, 6.45) is 0. The number of nitrogens with one attached hydrogen (secondary N) is 2. The number of carbonyl (C=O) groups is 1. The highest BCUT2D eigenvalue weighted by Gasteiger charge is 2.28. The molecule has 1 fully saturated rings. The van der Waals surface area contributed by atoms with Gasteiger partial charge in [0.25, 0.3) is 5.91 Å². The van der Waals surface area contributed by atoms with Crippen LogP contribution in [0.15, 0.2) is 24.3 Å². The first kappa shape index (κ1) is 18.6. The van der Waals surface area contributed by atoms with Crippen molar-refractivity contribution in [3.63, 3.8) is 0 Å². The lowest BCUT2D eigenvalue weighted by molar-refractivity contribution is 0.0949. The number of fused-ring (bicyclic) bond motifs is 5. The van der Waals surface area contributed by atoms with Crippen LogP contribution in [0.4, 0.5) is 11.5 Å². The molecule has 4 heterocycles. The number of aromatic nitrogens is 1. The Morgan fingerprint density at radius 2 is 1.86 bits per heavy atom. The summed E-state index contributed by atoms with van der Waals surface area (Å²) in [5.74, 6) is 1.04. The van der Waals surface area contributed by atoms with E-state index in [0.717, 1.165) is 57.0 Å². The minimum Gasteiger partial charge on any atom is -0.381 e. The molecule has 0 radical (unpaired) electrons. The minimum atomic E-state index is 0.0110. The number of pyridine rings is 1. The lowest BCUT2D eigenvalue weighted by Gasteiger charge is -2.43. The minimum absolute atomic E-state index is 0.0110. The second kappa shape index (κ2) is 6.85. The van der Waals surface area contributed by atoms with Crippen LogP contribution >= 0.6 is 11.3 Å². The molecule has 2 N–H and O–H groups in total. The van der Waals surface area contributed by atoms with Crippen molar-refractivity contribution < 1.29 is 4.79 Å². The maximum absolute atomic E-state index is 12.6. The zero-order valence-electron chi connectivity index (χ0n) is 17.3. The number of piperazine rings is 1. The molecule has 0 saturated carbocycles. The highest BCUT2D eigenvalue weighted by atomic mass is 32.1. The van der Waals surface area contributed by atoms with E-state index >= 15 is 0 Å². The molecule has 3 atom stereocenters. The van der Waals surface area contributed by atoms with Crippen molar-refractivity contribution in [1.29, 1.82) is 0 Å². The zero-order valence-corrected chi connectivity index (χ0v) is 18.1. The number of nitrogens with zero attached hydrogens (tertiary/aromatic N) is 3. The summed E-state index contributed by atoms with van der Waals surface area (Å²) in [7, 11) is 2.20. The number of hydrogen-bond acceptors (Lipinski definition) is 6. The number of likely N-dealkylation sites (N-methyl/N-ethyl adjacent to an activating group) is 1. The molecule has 0 unspecified atom stereocenters. The van der Waals surface area contributed by atoms with Crippen molar-refractivity contribution in [2.24, 2.45) is 0 Å². The van der Waals surface area contributed by atoms with Crippen LogP contribution in [-0.2, 0) is 0 Å². The Morgan fingerprint density at radius 1 is 1.10 bits per heavy atom. The first-order chi connectivity index (χ1) is 13.9. The molecule has 29 heavy (non-hydrogen) atoms. The highest BCUT2D eigenvalue weighted by molar-refractivity contribution is 7.21. The Morgan fingerprint density at radius 3 is 2.62 bits per heavy atom. The Bertz CT molecular complexity index is 1100. The van der Waals surface area contributed by atoms with E-state index in [2.05, 4.69) is 65.6 Å². The number of thiophene rings is 1. The van der Waals surface area contributed by atoms with Crippen molar-refractivity contribution in [1.82, 2.24) is 15.2 Å². The fourth-order valence-corrected chi connectivity index (χ4v) is 5.58. The molecule has 2 aromatic heterocycles. The molecule has 1 saturated heterocycles. The van der Waals surface area contributed by atoms with Crippen LogP contribution in [0.3, 0.4) is 0 Å². The van der Waals surface area contributed by atoms with E-state index in [1.54, 1.807) is 11.3 Å². The molecule has 0 bridgehead atoms. The smallest absolute Gasteiger partial charge is 0.263 e. The summed E-state index contributed by atoms with van der Waals surface area (Å²) in [5, 5.41) is 8.77. The highest BCUT2D eigenvalue weighted by Crippen LogP contribution is 2.41. The topological polar surface area (TPSA) is 60.5 Å². The van der Waals surface area contributed by atoms with E-state index in [-0.39, 0.29) is 11.9 Å². The molecule has 1 amide bonds. The molecule has 5 rings (SSSR count). The quantitative estimate of drug-likeness (QED) is 0.644. The average Bonchev–Trinajstić information content (AvgIpc) is 3.02. The SMILES string of the molecule is C[C@@H]1CNc2c(sc3ccc4nc(N5C[C@@H](C)N(C)[C@@H](C)C5)ccc4c23)C(=O)N1. The fourth-order valence-electron chi connectivity index (χ4n) is 4.48. The Balaban J connectivity index is 1.60. The molecule has 7 heteroatoms. The van der Waals surface area contributed by atoms with Gasteiger partial charge in [0, 0.05) is 53.2 Å². The molecular formula is C22H27N5OS. The van der Waals surface area contributed by atoms with Crippen molar-refractivity contribution in [2.45, 2.75) is 38.9 Å². The van der Waals surface area contributed by atoms with E-state index in [0.29, 0.717) is 12.1 Å². The van der Waals surface area contributed by atoms with Gasteiger partial charge in [-0.15, -0.1) is 11.3 Å². The maximum atomic E-state index is 12.6. The van der Waals surface area contributed by atoms with Gasteiger partial charge in [0.2, 0.25) is 0 Å². The number of rotatable bonds is 1. The number of benzene rings is 1. The van der Waals surface area contributed by atoms with Crippen molar-refractivity contribution >= 4 is 49.7 Å². The van der Waals surface area contributed by atoms with Gasteiger partial charge in [0.05, 0.1) is 11.2 Å². The fraction of sp³-hybridized carbons (Fsp3) is 0.455. The van der Waals surface area contributed by atoms with Crippen LogP contribution < -0.4 is 15.5 Å². The standard InChI is InChI=1S/C22H27N5OS/c1-12-9-23-20-19-15-5-8-18(27-10-13(2)26(4)14(3)11-27)25-16(15)6-7-17(19)29-21(20)22(28)24-12/h5-8,12-14,23H,9-11H2,1-4H3,(H,24,28)/t12-,13-,14+/m1/s1. The second-order valence-electron chi connectivity index (χ2n) is 8.50. The number of anilines is 2. The molecule has 6 nitrogen and oxygen atoms in total. The first-order valence-electron chi connectivity index (χ1n) is 10.3. The Labute approximate surface area is 174 Å². The van der Waals surface area contributed by atoms with Crippen molar-refractivity contribution in [3.05, 3.63) is 29.1 Å². The van der Waals surface area contributed by atoms with Gasteiger partial charge in [-0.2, -0.15) is 0 Å². The summed E-state index contributed by atoms with van der Waals surface area (Å²) < 4.78 is 1.12. The van der Waals surface area contributed by atoms with Gasteiger partial charge in [-0.1, -0.05) is 0 Å². The third-order valence-corrected chi connectivity index (χ3v) is 7.51. The first-order valence-corrected chi connectivity index (χ1v) is 11.1. The average molecular weight is 410 g/mol. The van der Waals surface area contributed by atoms with Crippen LogP contribution in [0.25, 0.3) is 21.0 Å². The van der Waals surface area contributed by atoms with Gasteiger partial charge in [0.1, 0.15) is 10.7 Å². The van der Waals surface area contributed by atoms with E-state index in [1.165, 1.54) is 0 Å². The Hall–Kier alpha value is -2.38. The lowest BCUT2D eigenvalue weighted by Crippen LogP contribution is -2.55. The normalized spacial score (nSPS) is 25.6. The maximum Gasteiger partial charge on any atom is 0.263 e. The van der Waals surface area contributed by atoms with Gasteiger partial charge < -0.3 is 15.5 Å². The molecule has 2 aliphatic rings. The predicted molar refractivity (Wildman–Crippen MR) is 121 cm³/mol. The van der Waals surface area contributed by atoms with Crippen LogP contribution in [0, 0.1) is 0 Å². The van der Waals surface area contributed by atoms with E-state index in [1.807, 2.05) is 6.92 Å². The van der Waals surface area contributed by atoms with Crippen LogP contribution in [-0.4, -0.2) is 60.6 Å². The van der Waals surface area contributed by atoms with Crippen LogP contribution in [0.2, 0.25) is 0 Å². The number of hydrogen-bond donors (Lipinski definition) is 2. The van der Waals surface area contributed by atoms with Crippen molar-refractivity contribution in [3.8, 4) is 0 Å². The van der Waals surface area contributed by atoms with Crippen molar-refractivity contribution in [2.75, 3.05) is 36.9 Å². The third-order valence-electron chi connectivity index (χ3n) is 6.36. The largest absolute Gasteiger partial charge is 0.381 e. The third kappa shape index (κ3) is 3.04. The molecule has 2 aliphatic heterocycles. The second-order valence-corrected chi connectivity index (χ2v) is 9.56. The summed E-state index contributed by atoms with van der Waals surface area (Å²) in [6, 6.07) is 9.59. The van der Waals surface area contributed by atoms with Crippen LogP contribution in [0.5, 0.6) is 0 Å². The zero-order chi connectivity index (χ0) is 20.3.